The Morgan fingerprint density at radius 2 is 1.86 bits per heavy atom. The Balaban J connectivity index is 1.23. The van der Waals surface area contributed by atoms with Crippen LogP contribution >= 0.6 is 11.3 Å². The molecule has 2 aromatic carbocycles. The second kappa shape index (κ2) is 12.1. The van der Waals surface area contributed by atoms with Crippen molar-refractivity contribution >= 4 is 23.5 Å². The maximum absolute atomic E-state index is 14.4. The van der Waals surface area contributed by atoms with Crippen LogP contribution in [0.25, 0.3) is 12.2 Å². The summed E-state index contributed by atoms with van der Waals surface area (Å²) in [4.78, 5) is 4.47. The molecule has 4 aromatic rings. The summed E-state index contributed by atoms with van der Waals surface area (Å²) < 4.78 is 55.9. The fourth-order valence-corrected chi connectivity index (χ4v) is 3.67. The van der Waals surface area contributed by atoms with Gasteiger partial charge in [-0.1, -0.05) is 29.5 Å². The minimum absolute atomic E-state index is 0.103. The molecule has 0 amide bonds. The van der Waals surface area contributed by atoms with Gasteiger partial charge in [-0.05, 0) is 29.8 Å². The number of hydrogen-bond donors (Lipinski definition) is 0. The van der Waals surface area contributed by atoms with Gasteiger partial charge in [0.1, 0.15) is 28.9 Å². The number of nitrogens with zero attached hydrogens (tertiary/aromatic N) is 4. The molecule has 0 unspecified atom stereocenters. The molecular weight excluding hydrogens is 481 g/mol. The van der Waals surface area contributed by atoms with Gasteiger partial charge in [0.05, 0.1) is 31.6 Å². The molecule has 2 heterocycles. The summed E-state index contributed by atoms with van der Waals surface area (Å²) >= 11 is 1.43. The zero-order valence-corrected chi connectivity index (χ0v) is 19.2. The van der Waals surface area contributed by atoms with Crippen LogP contribution in [0, 0.1) is 5.82 Å². The molecule has 0 atom stereocenters. The minimum Gasteiger partial charge on any atom is -0.487 e. The SMILES string of the molecule is Fc1cc(OCc2csc(C=Cc3ccc(OC(F)F)cc3)n2)ccc1COCCn1ccnn1. The van der Waals surface area contributed by atoms with Gasteiger partial charge < -0.3 is 14.2 Å². The molecule has 0 N–H and O–H groups in total. The van der Waals surface area contributed by atoms with Crippen molar-refractivity contribution in [1.82, 2.24) is 20.0 Å². The van der Waals surface area contributed by atoms with Gasteiger partial charge >= 0.3 is 6.61 Å². The molecule has 182 valence electrons. The van der Waals surface area contributed by atoms with E-state index in [0.717, 1.165) is 10.6 Å². The highest BCUT2D eigenvalue weighted by molar-refractivity contribution is 7.10. The summed E-state index contributed by atoms with van der Waals surface area (Å²) in [5, 5.41) is 10.1. The predicted octanol–water partition coefficient (Wildman–Crippen LogP) is 5.44. The summed E-state index contributed by atoms with van der Waals surface area (Å²) in [6.45, 7) is -1.59. The van der Waals surface area contributed by atoms with E-state index < -0.39 is 12.4 Å². The fourth-order valence-electron chi connectivity index (χ4n) is 2.98. The largest absolute Gasteiger partial charge is 0.487 e. The highest BCUT2D eigenvalue weighted by Crippen LogP contribution is 2.21. The van der Waals surface area contributed by atoms with Crippen molar-refractivity contribution in [3.05, 3.63) is 87.9 Å². The molecule has 0 fully saturated rings. The lowest BCUT2D eigenvalue weighted by Gasteiger charge is -2.08. The van der Waals surface area contributed by atoms with E-state index in [1.165, 1.54) is 29.5 Å². The van der Waals surface area contributed by atoms with Crippen molar-refractivity contribution < 1.29 is 27.4 Å². The number of aromatic nitrogens is 4. The van der Waals surface area contributed by atoms with Crippen LogP contribution in [0.2, 0.25) is 0 Å². The average molecular weight is 503 g/mol. The third kappa shape index (κ3) is 7.66. The van der Waals surface area contributed by atoms with Crippen molar-refractivity contribution in [2.75, 3.05) is 6.61 Å². The van der Waals surface area contributed by atoms with E-state index in [1.807, 2.05) is 17.5 Å². The van der Waals surface area contributed by atoms with E-state index >= 15 is 0 Å². The number of thiazole rings is 1. The normalized spacial score (nSPS) is 11.4. The Hall–Kier alpha value is -3.70. The highest BCUT2D eigenvalue weighted by atomic mass is 32.1. The molecule has 0 spiro atoms. The molecule has 0 aliphatic rings. The first-order chi connectivity index (χ1) is 17.0. The first-order valence-electron chi connectivity index (χ1n) is 10.6. The number of rotatable bonds is 12. The first-order valence-corrected chi connectivity index (χ1v) is 11.4. The topological polar surface area (TPSA) is 71.3 Å². The van der Waals surface area contributed by atoms with Crippen molar-refractivity contribution in [2.45, 2.75) is 26.4 Å². The maximum atomic E-state index is 14.4. The van der Waals surface area contributed by atoms with Gasteiger partial charge in [-0.2, -0.15) is 8.78 Å². The maximum Gasteiger partial charge on any atom is 0.387 e. The molecule has 0 aliphatic carbocycles. The molecule has 0 saturated carbocycles. The Kier molecular flexibility index (Phi) is 8.47. The van der Waals surface area contributed by atoms with E-state index in [-0.39, 0.29) is 19.0 Å². The summed E-state index contributed by atoms with van der Waals surface area (Å²) in [7, 11) is 0. The number of benzene rings is 2. The third-order valence-electron chi connectivity index (χ3n) is 4.70. The van der Waals surface area contributed by atoms with E-state index in [0.29, 0.717) is 30.2 Å². The molecule has 4 rings (SSSR count). The number of ether oxygens (including phenoxy) is 3. The summed E-state index contributed by atoms with van der Waals surface area (Å²) in [6.07, 6.45) is 6.94. The molecule has 7 nitrogen and oxygen atoms in total. The summed E-state index contributed by atoms with van der Waals surface area (Å²) in [5.41, 5.74) is 1.96. The molecule has 2 aromatic heterocycles. The third-order valence-corrected chi connectivity index (χ3v) is 5.56. The Morgan fingerprint density at radius 1 is 1.03 bits per heavy atom. The first kappa shape index (κ1) is 24.4. The Morgan fingerprint density at radius 3 is 2.60 bits per heavy atom. The summed E-state index contributed by atoms with van der Waals surface area (Å²) in [5.74, 6) is 0.0891. The van der Waals surface area contributed by atoms with Crippen LogP contribution in [0.5, 0.6) is 11.5 Å². The molecule has 0 aliphatic heterocycles. The van der Waals surface area contributed by atoms with Gasteiger partial charge in [0.2, 0.25) is 0 Å². The second-order valence-corrected chi connectivity index (χ2v) is 8.11. The quantitative estimate of drug-likeness (QED) is 0.240. The van der Waals surface area contributed by atoms with Gasteiger partial charge in [0.15, 0.2) is 0 Å². The number of halogens is 3. The van der Waals surface area contributed by atoms with E-state index in [1.54, 1.807) is 41.3 Å². The molecular formula is C24H21F3N4O3S. The van der Waals surface area contributed by atoms with Crippen LogP contribution in [0.15, 0.2) is 60.2 Å². The van der Waals surface area contributed by atoms with E-state index in [4.69, 9.17) is 9.47 Å². The lowest BCUT2D eigenvalue weighted by Crippen LogP contribution is -2.07. The van der Waals surface area contributed by atoms with Crippen LogP contribution < -0.4 is 9.47 Å². The van der Waals surface area contributed by atoms with E-state index in [9.17, 15) is 13.2 Å². The van der Waals surface area contributed by atoms with E-state index in [2.05, 4.69) is 20.0 Å². The average Bonchev–Trinajstić information content (AvgIpc) is 3.53. The van der Waals surface area contributed by atoms with Crippen molar-refractivity contribution in [1.29, 1.82) is 0 Å². The van der Waals surface area contributed by atoms with Crippen LogP contribution in [-0.2, 0) is 24.5 Å². The number of hydrogen-bond acceptors (Lipinski definition) is 7. The fraction of sp³-hybridized carbons (Fsp3) is 0.208. The van der Waals surface area contributed by atoms with Crippen molar-refractivity contribution in [2.24, 2.45) is 0 Å². The second-order valence-electron chi connectivity index (χ2n) is 7.22. The molecule has 35 heavy (non-hydrogen) atoms. The minimum atomic E-state index is -2.85. The summed E-state index contributed by atoms with van der Waals surface area (Å²) in [6, 6.07) is 10.9. The van der Waals surface area contributed by atoms with Gasteiger partial charge in [-0.15, -0.1) is 16.4 Å². The van der Waals surface area contributed by atoms with Crippen molar-refractivity contribution in [3.8, 4) is 11.5 Å². The molecule has 0 bridgehead atoms. The molecule has 11 heteroatoms. The Bertz CT molecular complexity index is 1230. The lowest BCUT2D eigenvalue weighted by atomic mass is 10.2. The Labute approximate surface area is 203 Å². The van der Waals surface area contributed by atoms with Gasteiger partial charge in [0, 0.05) is 23.2 Å². The standard InChI is InChI=1S/C24H21F3N4O3S/c25-22-13-21(7-4-18(22)14-32-12-11-31-10-9-28-30-31)33-15-19-16-35-23(29-19)8-3-17-1-5-20(6-2-17)34-24(26)27/h1-10,13,16,24H,11-12,14-15H2. The van der Waals surface area contributed by atoms with Crippen LogP contribution in [0.4, 0.5) is 13.2 Å². The highest BCUT2D eigenvalue weighted by Gasteiger charge is 2.07. The van der Waals surface area contributed by atoms with Crippen molar-refractivity contribution in [3.63, 3.8) is 0 Å². The molecule has 0 radical (unpaired) electrons. The van der Waals surface area contributed by atoms with Crippen LogP contribution in [-0.4, -0.2) is 33.2 Å². The number of alkyl halides is 2. The lowest BCUT2D eigenvalue weighted by molar-refractivity contribution is -0.0498. The smallest absolute Gasteiger partial charge is 0.387 e. The van der Waals surface area contributed by atoms with Crippen LogP contribution in [0.1, 0.15) is 21.8 Å². The monoisotopic (exact) mass is 502 g/mol. The van der Waals surface area contributed by atoms with Gasteiger partial charge in [0.25, 0.3) is 0 Å². The predicted molar refractivity (Wildman–Crippen MR) is 125 cm³/mol. The van der Waals surface area contributed by atoms with Crippen LogP contribution in [0.3, 0.4) is 0 Å². The van der Waals surface area contributed by atoms with Gasteiger partial charge in [-0.25, -0.2) is 9.37 Å². The molecule has 0 saturated heterocycles. The zero-order valence-electron chi connectivity index (χ0n) is 18.4. The zero-order chi connectivity index (χ0) is 24.5. The van der Waals surface area contributed by atoms with Gasteiger partial charge in [-0.3, -0.25) is 4.68 Å².